The number of benzene rings is 1. The molecule has 154 valence electrons. The topological polar surface area (TPSA) is 51.1 Å². The Kier molecular flexibility index (Phi) is 7.30. The number of thiocarbonyl (C=S) groups is 1. The lowest BCUT2D eigenvalue weighted by molar-refractivity contribution is 0.196. The van der Waals surface area contributed by atoms with Gasteiger partial charge in [-0.25, -0.2) is 22.0 Å². The van der Waals surface area contributed by atoms with E-state index in [1.807, 2.05) is 0 Å². The lowest BCUT2D eigenvalue weighted by Crippen LogP contribution is -2.30. The van der Waals surface area contributed by atoms with Crippen molar-refractivity contribution >= 4 is 23.0 Å². The molecule has 11 heteroatoms. The van der Waals surface area contributed by atoms with Crippen LogP contribution in [0.2, 0.25) is 0 Å². The molecule has 28 heavy (non-hydrogen) atoms. The van der Waals surface area contributed by atoms with E-state index >= 15 is 0 Å². The minimum Gasteiger partial charge on any atom is -0.385 e. The summed E-state index contributed by atoms with van der Waals surface area (Å²) < 4.78 is 73.9. The number of halogens is 5. The van der Waals surface area contributed by atoms with E-state index in [1.165, 1.54) is 0 Å². The first kappa shape index (κ1) is 22.0. The number of ether oxygens (including phenoxy) is 1. The number of hydrogen-bond acceptors (Lipinski definition) is 3. The van der Waals surface area contributed by atoms with Crippen LogP contribution in [-0.4, -0.2) is 35.2 Å². The highest BCUT2D eigenvalue weighted by atomic mass is 32.1. The van der Waals surface area contributed by atoms with Crippen molar-refractivity contribution in [2.24, 2.45) is 0 Å². The first-order valence-electron chi connectivity index (χ1n) is 8.27. The van der Waals surface area contributed by atoms with Crippen LogP contribution >= 0.6 is 12.2 Å². The van der Waals surface area contributed by atoms with Gasteiger partial charge in [0.1, 0.15) is 0 Å². The van der Waals surface area contributed by atoms with Crippen molar-refractivity contribution in [1.29, 1.82) is 0 Å². The zero-order valence-electron chi connectivity index (χ0n) is 15.4. The third-order valence-corrected chi connectivity index (χ3v) is 4.29. The molecular formula is C17H19F5N4OS. The van der Waals surface area contributed by atoms with Crippen molar-refractivity contribution in [2.75, 3.05) is 25.6 Å². The van der Waals surface area contributed by atoms with E-state index in [9.17, 15) is 22.0 Å². The Morgan fingerprint density at radius 2 is 1.61 bits per heavy atom. The van der Waals surface area contributed by atoms with Crippen LogP contribution in [0, 0.1) is 42.9 Å². The Morgan fingerprint density at radius 1 is 1.04 bits per heavy atom. The molecule has 0 aliphatic rings. The zero-order chi connectivity index (χ0) is 21.0. The van der Waals surface area contributed by atoms with Crippen molar-refractivity contribution < 1.29 is 26.7 Å². The number of nitrogens with one attached hydrogen (secondary N) is 2. The van der Waals surface area contributed by atoms with E-state index in [2.05, 4.69) is 15.7 Å². The number of hydrogen-bond donors (Lipinski definition) is 2. The molecule has 0 atom stereocenters. The van der Waals surface area contributed by atoms with Gasteiger partial charge in [-0.15, -0.1) is 0 Å². The standard InChI is InChI=1S/C17H19F5N4OS/c1-8-16(24-17(28)23-5-4-6-27-3)9(2)26(25-8)7-10-11(18)13(20)15(22)14(21)12(10)19/h4-7H2,1-3H3,(H2,23,24,28). The fourth-order valence-corrected chi connectivity index (χ4v) is 2.75. The Morgan fingerprint density at radius 3 is 2.18 bits per heavy atom. The number of aryl methyl sites for hydroxylation is 1. The molecule has 5 nitrogen and oxygen atoms in total. The maximum Gasteiger partial charge on any atom is 0.200 e. The maximum atomic E-state index is 13.9. The highest BCUT2D eigenvalue weighted by Crippen LogP contribution is 2.26. The highest BCUT2D eigenvalue weighted by Gasteiger charge is 2.26. The molecule has 0 spiro atoms. The van der Waals surface area contributed by atoms with E-state index in [0.29, 0.717) is 35.3 Å². The Bertz CT molecular complexity index is 858. The Balaban J connectivity index is 2.22. The fraction of sp³-hybridized carbons (Fsp3) is 0.412. The molecule has 2 N–H and O–H groups in total. The third kappa shape index (κ3) is 4.58. The van der Waals surface area contributed by atoms with Gasteiger partial charge >= 0.3 is 0 Å². The van der Waals surface area contributed by atoms with Crippen molar-refractivity contribution in [1.82, 2.24) is 15.1 Å². The number of anilines is 1. The lowest BCUT2D eigenvalue weighted by atomic mass is 10.1. The molecule has 0 saturated heterocycles. The van der Waals surface area contributed by atoms with Crippen LogP contribution in [0.3, 0.4) is 0 Å². The van der Waals surface area contributed by atoms with Gasteiger partial charge in [0.15, 0.2) is 28.4 Å². The predicted molar refractivity (Wildman–Crippen MR) is 97.8 cm³/mol. The normalized spacial score (nSPS) is 11.0. The Hall–Kier alpha value is -2.27. The summed E-state index contributed by atoms with van der Waals surface area (Å²) in [5, 5.41) is 10.3. The highest BCUT2D eigenvalue weighted by molar-refractivity contribution is 7.80. The van der Waals surface area contributed by atoms with Crippen molar-refractivity contribution in [2.45, 2.75) is 26.8 Å². The first-order chi connectivity index (χ1) is 13.2. The smallest absolute Gasteiger partial charge is 0.200 e. The van der Waals surface area contributed by atoms with Gasteiger partial charge in [-0.1, -0.05) is 0 Å². The summed E-state index contributed by atoms with van der Waals surface area (Å²) >= 11 is 5.17. The number of rotatable bonds is 7. The molecule has 0 saturated carbocycles. The van der Waals surface area contributed by atoms with E-state index < -0.39 is 41.2 Å². The van der Waals surface area contributed by atoms with Gasteiger partial charge in [-0.3, -0.25) is 4.68 Å². The summed E-state index contributed by atoms with van der Waals surface area (Å²) in [5.74, 6) is -9.94. The zero-order valence-corrected chi connectivity index (χ0v) is 16.2. The van der Waals surface area contributed by atoms with Crippen LogP contribution in [0.5, 0.6) is 0 Å². The number of methoxy groups -OCH3 is 1. The minimum absolute atomic E-state index is 0.304. The van der Waals surface area contributed by atoms with Gasteiger partial charge in [-0.2, -0.15) is 5.10 Å². The second-order valence-corrected chi connectivity index (χ2v) is 6.39. The van der Waals surface area contributed by atoms with Gasteiger partial charge in [-0.05, 0) is 32.5 Å². The molecule has 1 aromatic carbocycles. The summed E-state index contributed by atoms with van der Waals surface area (Å²) in [5.41, 5.74) is 0.381. The van der Waals surface area contributed by atoms with Crippen LogP contribution < -0.4 is 10.6 Å². The molecule has 0 bridgehead atoms. The first-order valence-corrected chi connectivity index (χ1v) is 8.67. The monoisotopic (exact) mass is 422 g/mol. The SMILES string of the molecule is COCCCNC(=S)Nc1c(C)nn(Cc2c(F)c(F)c(F)c(F)c2F)c1C. The molecular weight excluding hydrogens is 403 g/mol. The third-order valence-electron chi connectivity index (χ3n) is 4.04. The summed E-state index contributed by atoms with van der Waals surface area (Å²) in [6.45, 7) is 3.71. The molecule has 0 unspecified atom stereocenters. The molecule has 0 aliphatic carbocycles. The van der Waals surface area contributed by atoms with Crippen LogP contribution in [-0.2, 0) is 11.3 Å². The van der Waals surface area contributed by atoms with E-state index in [4.69, 9.17) is 17.0 Å². The van der Waals surface area contributed by atoms with Gasteiger partial charge in [0, 0.05) is 20.3 Å². The Labute approximate surface area is 163 Å². The molecule has 0 aliphatic heterocycles. The summed E-state index contributed by atoms with van der Waals surface area (Å²) in [6, 6.07) is 0. The summed E-state index contributed by atoms with van der Waals surface area (Å²) in [4.78, 5) is 0. The van der Waals surface area contributed by atoms with E-state index in [-0.39, 0.29) is 0 Å². The minimum atomic E-state index is -2.20. The molecule has 2 rings (SSSR count). The van der Waals surface area contributed by atoms with Crippen molar-refractivity contribution in [3.8, 4) is 0 Å². The second-order valence-electron chi connectivity index (χ2n) is 5.98. The van der Waals surface area contributed by atoms with Crippen molar-refractivity contribution in [3.05, 3.63) is 46.0 Å². The average Bonchev–Trinajstić information content (AvgIpc) is 2.93. The van der Waals surface area contributed by atoms with Gasteiger partial charge in [0.2, 0.25) is 5.82 Å². The lowest BCUT2D eigenvalue weighted by Gasteiger charge is -2.12. The summed E-state index contributed by atoms with van der Waals surface area (Å²) in [7, 11) is 1.59. The van der Waals surface area contributed by atoms with Crippen LogP contribution in [0.1, 0.15) is 23.4 Å². The number of nitrogens with zero attached hydrogens (tertiary/aromatic N) is 2. The number of aromatic nitrogens is 2. The largest absolute Gasteiger partial charge is 0.385 e. The quantitative estimate of drug-likeness (QED) is 0.235. The van der Waals surface area contributed by atoms with Crippen LogP contribution in [0.15, 0.2) is 0 Å². The average molecular weight is 422 g/mol. The van der Waals surface area contributed by atoms with Crippen LogP contribution in [0.25, 0.3) is 0 Å². The van der Waals surface area contributed by atoms with Gasteiger partial charge in [0.25, 0.3) is 0 Å². The van der Waals surface area contributed by atoms with Gasteiger partial charge in [0.05, 0.1) is 29.2 Å². The fourth-order valence-electron chi connectivity index (χ4n) is 2.55. The van der Waals surface area contributed by atoms with E-state index in [0.717, 1.165) is 11.1 Å². The maximum absolute atomic E-state index is 13.9. The molecule has 0 amide bonds. The summed E-state index contributed by atoms with van der Waals surface area (Å²) in [6.07, 6.45) is 0.732. The molecule has 0 fully saturated rings. The van der Waals surface area contributed by atoms with E-state index in [1.54, 1.807) is 21.0 Å². The van der Waals surface area contributed by atoms with Gasteiger partial charge < -0.3 is 15.4 Å². The predicted octanol–water partition coefficient (Wildman–Crippen LogP) is 3.57. The second kappa shape index (κ2) is 9.28. The molecule has 0 radical (unpaired) electrons. The van der Waals surface area contributed by atoms with Crippen molar-refractivity contribution in [3.63, 3.8) is 0 Å². The molecule has 2 aromatic rings. The van der Waals surface area contributed by atoms with Crippen LogP contribution in [0.4, 0.5) is 27.6 Å². The molecule has 1 aromatic heterocycles. The molecule has 1 heterocycles.